The van der Waals surface area contributed by atoms with Crippen LogP contribution in [-0.2, 0) is 5.41 Å². The summed E-state index contributed by atoms with van der Waals surface area (Å²) in [5, 5.41) is 0. The van der Waals surface area contributed by atoms with Crippen LogP contribution in [0.25, 0.3) is 0 Å². The molecule has 0 N–H and O–H groups in total. The summed E-state index contributed by atoms with van der Waals surface area (Å²) in [6.07, 6.45) is 2.37. The first-order valence-corrected chi connectivity index (χ1v) is 8.97. The predicted molar refractivity (Wildman–Crippen MR) is 104 cm³/mol. The fourth-order valence-corrected chi connectivity index (χ4v) is 4.46. The predicted octanol–water partition coefficient (Wildman–Crippen LogP) is 5.41. The summed E-state index contributed by atoms with van der Waals surface area (Å²) in [4.78, 5) is 15.1. The second-order valence-electron chi connectivity index (χ2n) is 7.82. The fourth-order valence-electron chi connectivity index (χ4n) is 4.46. The minimum Gasteiger partial charge on any atom is -0.459 e. The number of hydrogen-bond donors (Lipinski definition) is 0. The van der Waals surface area contributed by atoms with Crippen LogP contribution in [0.1, 0.15) is 48.9 Å². The number of rotatable bonds is 2. The lowest BCUT2D eigenvalue weighted by Gasteiger charge is -2.51. The normalized spacial score (nSPS) is 21.3. The molecular weight excluding hydrogens is 322 g/mol. The van der Waals surface area contributed by atoms with E-state index in [2.05, 4.69) is 51.1 Å². The van der Waals surface area contributed by atoms with Gasteiger partial charge in [-0.05, 0) is 49.6 Å². The largest absolute Gasteiger partial charge is 0.459 e. The molecule has 1 unspecified atom stereocenters. The van der Waals surface area contributed by atoms with Crippen LogP contribution in [0, 0.1) is 0 Å². The molecule has 2 aromatic carbocycles. The van der Waals surface area contributed by atoms with Gasteiger partial charge in [-0.2, -0.15) is 0 Å². The highest BCUT2D eigenvalue weighted by molar-refractivity contribution is 6.06. The van der Waals surface area contributed by atoms with Crippen molar-refractivity contribution in [1.82, 2.24) is 0 Å². The van der Waals surface area contributed by atoms with E-state index in [-0.39, 0.29) is 16.9 Å². The first kappa shape index (κ1) is 16.6. The van der Waals surface area contributed by atoms with Crippen LogP contribution in [0.5, 0.6) is 0 Å². The summed E-state index contributed by atoms with van der Waals surface area (Å²) in [5.74, 6) is 0.277. The van der Waals surface area contributed by atoms with E-state index >= 15 is 0 Å². The standard InChI is InChI=1S/C23H23NO2/c1-22(2)16-23(3,17-10-5-4-6-11-17)18-12-7-8-13-19(18)24(22)21(25)20-14-9-15-26-20/h4-15H,16H2,1-3H3. The highest BCUT2D eigenvalue weighted by atomic mass is 16.3. The number of fused-ring (bicyclic) bond motifs is 1. The van der Waals surface area contributed by atoms with Gasteiger partial charge in [-0.1, -0.05) is 55.5 Å². The zero-order valence-corrected chi connectivity index (χ0v) is 15.4. The van der Waals surface area contributed by atoms with Crippen molar-refractivity contribution >= 4 is 11.6 Å². The van der Waals surface area contributed by atoms with Crippen molar-refractivity contribution in [2.24, 2.45) is 0 Å². The molecule has 1 aliphatic heterocycles. The smallest absolute Gasteiger partial charge is 0.294 e. The molecule has 0 fully saturated rings. The van der Waals surface area contributed by atoms with Crippen molar-refractivity contribution in [3.05, 3.63) is 89.9 Å². The molecule has 0 saturated heterocycles. The van der Waals surface area contributed by atoms with Gasteiger partial charge in [-0.3, -0.25) is 9.69 Å². The van der Waals surface area contributed by atoms with E-state index < -0.39 is 0 Å². The molecule has 4 rings (SSSR count). The van der Waals surface area contributed by atoms with Gasteiger partial charge in [-0.15, -0.1) is 0 Å². The Kier molecular flexibility index (Phi) is 3.76. The molecule has 0 saturated carbocycles. The molecule has 132 valence electrons. The zero-order chi connectivity index (χ0) is 18.4. The Balaban J connectivity index is 1.91. The highest BCUT2D eigenvalue weighted by Gasteiger charge is 2.48. The second kappa shape index (κ2) is 5.87. The van der Waals surface area contributed by atoms with E-state index in [1.165, 1.54) is 11.1 Å². The Morgan fingerprint density at radius 2 is 1.62 bits per heavy atom. The van der Waals surface area contributed by atoms with Crippen molar-refractivity contribution < 1.29 is 9.21 Å². The van der Waals surface area contributed by atoms with Crippen molar-refractivity contribution in [3.63, 3.8) is 0 Å². The number of nitrogens with zero attached hydrogens (tertiary/aromatic N) is 1. The molecule has 26 heavy (non-hydrogen) atoms. The van der Waals surface area contributed by atoms with Crippen LogP contribution in [0.3, 0.4) is 0 Å². The first-order valence-electron chi connectivity index (χ1n) is 8.97. The van der Waals surface area contributed by atoms with E-state index in [4.69, 9.17) is 4.42 Å². The van der Waals surface area contributed by atoms with Gasteiger partial charge in [0.1, 0.15) is 0 Å². The van der Waals surface area contributed by atoms with Gasteiger partial charge in [0.05, 0.1) is 6.26 Å². The molecule has 1 aliphatic rings. The van der Waals surface area contributed by atoms with E-state index in [1.54, 1.807) is 18.4 Å². The Hall–Kier alpha value is -2.81. The third-order valence-corrected chi connectivity index (χ3v) is 5.48. The van der Waals surface area contributed by atoms with E-state index in [0.29, 0.717) is 5.76 Å². The maximum atomic E-state index is 13.2. The minimum atomic E-state index is -0.358. The molecule has 0 spiro atoms. The third kappa shape index (κ3) is 2.47. The molecular formula is C23H23NO2. The Morgan fingerprint density at radius 1 is 0.923 bits per heavy atom. The van der Waals surface area contributed by atoms with Crippen LogP contribution in [0.4, 0.5) is 5.69 Å². The summed E-state index contributed by atoms with van der Waals surface area (Å²) >= 11 is 0. The van der Waals surface area contributed by atoms with Gasteiger partial charge < -0.3 is 4.42 Å². The number of furan rings is 1. The molecule has 0 aliphatic carbocycles. The van der Waals surface area contributed by atoms with E-state index in [1.807, 2.05) is 29.2 Å². The molecule has 1 aromatic heterocycles. The van der Waals surface area contributed by atoms with Crippen molar-refractivity contribution in [2.45, 2.75) is 38.1 Å². The lowest BCUT2D eigenvalue weighted by Crippen LogP contribution is -2.55. The third-order valence-electron chi connectivity index (χ3n) is 5.48. The number of hydrogen-bond acceptors (Lipinski definition) is 2. The average molecular weight is 345 g/mol. The molecule has 1 atom stereocenters. The van der Waals surface area contributed by atoms with Crippen molar-refractivity contribution in [3.8, 4) is 0 Å². The summed E-state index contributed by atoms with van der Waals surface area (Å²) in [6.45, 7) is 6.54. The summed E-state index contributed by atoms with van der Waals surface area (Å²) in [5.41, 5.74) is 2.87. The number of carbonyl (C=O) groups is 1. The monoisotopic (exact) mass is 345 g/mol. The molecule has 3 heteroatoms. The fraction of sp³-hybridized carbons (Fsp3) is 0.261. The lowest BCUT2D eigenvalue weighted by atomic mass is 9.65. The molecule has 3 aromatic rings. The van der Waals surface area contributed by atoms with Crippen LogP contribution in [0.15, 0.2) is 77.4 Å². The zero-order valence-electron chi connectivity index (χ0n) is 15.4. The van der Waals surface area contributed by atoms with Crippen LogP contribution < -0.4 is 4.90 Å². The molecule has 2 heterocycles. The Bertz CT molecular complexity index is 928. The average Bonchev–Trinajstić information content (AvgIpc) is 3.16. The van der Waals surface area contributed by atoms with Crippen LogP contribution in [-0.4, -0.2) is 11.4 Å². The SMILES string of the molecule is CC1(c2ccccc2)CC(C)(C)N(C(=O)c2ccco2)c2ccccc21. The van der Waals surface area contributed by atoms with Gasteiger partial charge in [0.15, 0.2) is 5.76 Å². The Labute approximate surface area is 154 Å². The van der Waals surface area contributed by atoms with Gasteiger partial charge in [0.2, 0.25) is 0 Å². The van der Waals surface area contributed by atoms with Crippen LogP contribution >= 0.6 is 0 Å². The number of anilines is 1. The summed E-state index contributed by atoms with van der Waals surface area (Å²) in [6, 6.07) is 22.3. The maximum Gasteiger partial charge on any atom is 0.294 e. The van der Waals surface area contributed by atoms with E-state index in [0.717, 1.165) is 12.1 Å². The lowest BCUT2D eigenvalue weighted by molar-refractivity contribution is 0.0921. The number of para-hydroxylation sites is 1. The quantitative estimate of drug-likeness (QED) is 0.622. The number of benzene rings is 2. The first-order chi connectivity index (χ1) is 12.4. The molecule has 0 radical (unpaired) electrons. The van der Waals surface area contributed by atoms with Gasteiger partial charge in [0.25, 0.3) is 5.91 Å². The van der Waals surface area contributed by atoms with E-state index in [9.17, 15) is 4.79 Å². The molecule has 0 bridgehead atoms. The van der Waals surface area contributed by atoms with Crippen molar-refractivity contribution in [1.29, 1.82) is 0 Å². The van der Waals surface area contributed by atoms with Gasteiger partial charge in [0, 0.05) is 16.6 Å². The molecule has 3 nitrogen and oxygen atoms in total. The topological polar surface area (TPSA) is 33.5 Å². The highest BCUT2D eigenvalue weighted by Crippen LogP contribution is 2.50. The summed E-state index contributed by atoms with van der Waals surface area (Å²) in [7, 11) is 0. The maximum absolute atomic E-state index is 13.2. The van der Waals surface area contributed by atoms with Gasteiger partial charge in [-0.25, -0.2) is 0 Å². The minimum absolute atomic E-state index is 0.0949. The number of carbonyl (C=O) groups excluding carboxylic acids is 1. The van der Waals surface area contributed by atoms with Crippen molar-refractivity contribution in [2.75, 3.05) is 4.90 Å². The Morgan fingerprint density at radius 3 is 2.31 bits per heavy atom. The summed E-state index contributed by atoms with van der Waals surface area (Å²) < 4.78 is 5.40. The van der Waals surface area contributed by atoms with Gasteiger partial charge >= 0.3 is 0 Å². The second-order valence-corrected chi connectivity index (χ2v) is 7.82. The van der Waals surface area contributed by atoms with Crippen LogP contribution in [0.2, 0.25) is 0 Å². The number of amides is 1. The molecule has 1 amide bonds.